The fourth-order valence-electron chi connectivity index (χ4n) is 3.86. The van der Waals surface area contributed by atoms with Gasteiger partial charge in [-0.2, -0.15) is 0 Å². The first kappa shape index (κ1) is 16.7. The van der Waals surface area contributed by atoms with Crippen molar-refractivity contribution in [3.63, 3.8) is 0 Å². The van der Waals surface area contributed by atoms with Crippen molar-refractivity contribution in [2.75, 3.05) is 0 Å². The Bertz CT molecular complexity index is 870. The van der Waals surface area contributed by atoms with E-state index in [1.807, 2.05) is 0 Å². The van der Waals surface area contributed by atoms with Crippen molar-refractivity contribution in [3.8, 4) is 11.4 Å². The van der Waals surface area contributed by atoms with E-state index in [1.54, 1.807) is 12.1 Å². The van der Waals surface area contributed by atoms with Gasteiger partial charge in [-0.05, 0) is 52.4 Å². The van der Waals surface area contributed by atoms with Gasteiger partial charge in [0.15, 0.2) is 5.69 Å². The molecule has 1 saturated carbocycles. The average Bonchev–Trinajstić information content (AvgIpc) is 2.75. The maximum Gasteiger partial charge on any atom is 0.269 e. The highest BCUT2D eigenvalue weighted by atomic mass is 79.9. The molecule has 2 bridgehead atoms. The average molecular weight is 407 g/mol. The Balaban J connectivity index is 1.93. The number of nitrogens with one attached hydrogen (secondary N) is 1. The van der Waals surface area contributed by atoms with E-state index in [4.69, 9.17) is 5.73 Å². The number of imidazole rings is 1. The summed E-state index contributed by atoms with van der Waals surface area (Å²) in [6.07, 6.45) is 1.87. The molecule has 0 spiro atoms. The lowest BCUT2D eigenvalue weighted by atomic mass is 9.75. The predicted molar refractivity (Wildman–Crippen MR) is 96.8 cm³/mol. The van der Waals surface area contributed by atoms with Gasteiger partial charge in [0.25, 0.3) is 5.91 Å². The summed E-state index contributed by atoms with van der Waals surface area (Å²) in [6, 6.07) is 3.93. The topological polar surface area (TPSA) is 72.9 Å². The lowest BCUT2D eigenvalue weighted by Crippen LogP contribution is -2.29. The van der Waals surface area contributed by atoms with Gasteiger partial charge in [0, 0.05) is 24.2 Å². The zero-order valence-corrected chi connectivity index (χ0v) is 15.7. The Morgan fingerprint density at radius 1 is 1.48 bits per heavy atom. The molecule has 5 rings (SSSR count). The first-order chi connectivity index (χ1) is 11.9. The van der Waals surface area contributed by atoms with Gasteiger partial charge in [0.05, 0.1) is 10.2 Å². The SMILES string of the molecule is CC(C)NCc1c(C(N)=O)nc2n1C1CC(C1)c1cc(F)c(Br)cc1-2. The van der Waals surface area contributed by atoms with Crippen LogP contribution in [0.4, 0.5) is 4.39 Å². The standard InChI is InChI=1S/C18H20BrFN4O/c1-8(2)22-7-15-16(17(21)25)23-18-12-5-13(19)14(20)6-11(12)9-3-10(4-9)24(15)18/h5-6,8-10,22H,3-4,7H2,1-2H3,(H2,21,25). The number of halogens is 2. The van der Waals surface area contributed by atoms with E-state index in [-0.39, 0.29) is 17.9 Å². The molecule has 25 heavy (non-hydrogen) atoms. The number of nitrogens with zero attached hydrogens (tertiary/aromatic N) is 2. The van der Waals surface area contributed by atoms with Crippen molar-refractivity contribution in [3.05, 3.63) is 39.4 Å². The molecule has 0 radical (unpaired) electrons. The Kier molecular flexibility index (Phi) is 3.96. The summed E-state index contributed by atoms with van der Waals surface area (Å²) in [5, 5.41) is 3.36. The van der Waals surface area contributed by atoms with Crippen LogP contribution in [-0.2, 0) is 6.54 Å². The molecule has 1 aromatic heterocycles. The summed E-state index contributed by atoms with van der Waals surface area (Å²) in [7, 11) is 0. The third-order valence-electron chi connectivity index (χ3n) is 5.17. The monoisotopic (exact) mass is 406 g/mol. The van der Waals surface area contributed by atoms with E-state index < -0.39 is 5.91 Å². The van der Waals surface area contributed by atoms with Crippen molar-refractivity contribution in [1.29, 1.82) is 0 Å². The Hall–Kier alpha value is -1.73. The largest absolute Gasteiger partial charge is 0.364 e. The number of aromatic nitrogens is 2. The molecule has 1 aliphatic carbocycles. The summed E-state index contributed by atoms with van der Waals surface area (Å²) < 4.78 is 16.6. The number of carbonyl (C=O) groups excluding carboxylic acids is 1. The van der Waals surface area contributed by atoms with E-state index in [2.05, 4.69) is 44.6 Å². The highest BCUT2D eigenvalue weighted by molar-refractivity contribution is 9.10. The molecular weight excluding hydrogens is 387 g/mol. The molecule has 0 saturated heterocycles. The molecule has 0 unspecified atom stereocenters. The summed E-state index contributed by atoms with van der Waals surface area (Å²) in [6.45, 7) is 4.64. The molecule has 1 aromatic carbocycles. The van der Waals surface area contributed by atoms with Crippen LogP contribution in [-0.4, -0.2) is 21.5 Å². The number of hydrogen-bond acceptors (Lipinski definition) is 3. The van der Waals surface area contributed by atoms with Crippen LogP contribution in [0.3, 0.4) is 0 Å². The zero-order valence-electron chi connectivity index (χ0n) is 14.1. The highest BCUT2D eigenvalue weighted by Gasteiger charge is 2.41. The van der Waals surface area contributed by atoms with Crippen molar-refractivity contribution in [2.24, 2.45) is 5.73 Å². The number of hydrogen-bond donors (Lipinski definition) is 2. The third-order valence-corrected chi connectivity index (χ3v) is 5.78. The maximum absolute atomic E-state index is 14.1. The van der Waals surface area contributed by atoms with Gasteiger partial charge < -0.3 is 15.6 Å². The van der Waals surface area contributed by atoms with Gasteiger partial charge in [-0.3, -0.25) is 4.79 Å². The summed E-state index contributed by atoms with van der Waals surface area (Å²) in [5.41, 5.74) is 8.58. The minimum atomic E-state index is -0.528. The number of amides is 1. The minimum absolute atomic E-state index is 0.265. The Labute approximate surface area is 153 Å². The van der Waals surface area contributed by atoms with Gasteiger partial charge >= 0.3 is 0 Å². The Morgan fingerprint density at radius 2 is 2.20 bits per heavy atom. The number of carbonyl (C=O) groups is 1. The Morgan fingerprint density at radius 3 is 2.84 bits per heavy atom. The van der Waals surface area contributed by atoms with E-state index >= 15 is 0 Å². The van der Waals surface area contributed by atoms with Gasteiger partial charge in [-0.25, -0.2) is 9.37 Å². The van der Waals surface area contributed by atoms with Crippen molar-refractivity contribution in [2.45, 2.75) is 51.2 Å². The van der Waals surface area contributed by atoms with E-state index in [1.165, 1.54) is 0 Å². The molecule has 5 nitrogen and oxygen atoms in total. The van der Waals surface area contributed by atoms with Gasteiger partial charge in [0.2, 0.25) is 0 Å². The molecule has 132 valence electrons. The number of primary amides is 1. The van der Waals surface area contributed by atoms with Gasteiger partial charge in [-0.1, -0.05) is 13.8 Å². The van der Waals surface area contributed by atoms with Crippen molar-refractivity contribution in [1.82, 2.24) is 14.9 Å². The fourth-order valence-corrected chi connectivity index (χ4v) is 4.21. The molecule has 2 aliphatic heterocycles. The first-order valence-corrected chi connectivity index (χ1v) is 9.29. The lowest BCUT2D eigenvalue weighted by molar-refractivity contribution is 0.0994. The molecule has 0 atom stereocenters. The van der Waals surface area contributed by atoms with E-state index in [0.29, 0.717) is 22.6 Å². The van der Waals surface area contributed by atoms with E-state index in [0.717, 1.165) is 35.5 Å². The molecule has 3 heterocycles. The zero-order chi connectivity index (χ0) is 17.9. The quantitative estimate of drug-likeness (QED) is 0.815. The smallest absolute Gasteiger partial charge is 0.269 e. The second-order valence-electron chi connectivity index (χ2n) is 7.18. The molecule has 1 amide bonds. The van der Waals surface area contributed by atoms with Crippen LogP contribution < -0.4 is 11.1 Å². The number of rotatable bonds is 4. The molecule has 3 aliphatic rings. The van der Waals surface area contributed by atoms with Crippen molar-refractivity contribution < 1.29 is 9.18 Å². The van der Waals surface area contributed by atoms with Crippen molar-refractivity contribution >= 4 is 21.8 Å². The van der Waals surface area contributed by atoms with Gasteiger partial charge in [0.1, 0.15) is 11.6 Å². The minimum Gasteiger partial charge on any atom is -0.364 e. The third kappa shape index (κ3) is 2.60. The lowest BCUT2D eigenvalue weighted by Gasteiger charge is -2.35. The highest BCUT2D eigenvalue weighted by Crippen LogP contribution is 2.53. The predicted octanol–water partition coefficient (Wildman–Crippen LogP) is 3.48. The first-order valence-electron chi connectivity index (χ1n) is 8.50. The number of nitrogens with two attached hydrogens (primary N) is 1. The summed E-state index contributed by atoms with van der Waals surface area (Å²) in [4.78, 5) is 16.6. The summed E-state index contributed by atoms with van der Waals surface area (Å²) >= 11 is 3.27. The van der Waals surface area contributed by atoms with E-state index in [9.17, 15) is 9.18 Å². The fraction of sp³-hybridized carbons (Fsp3) is 0.444. The normalized spacial score (nSPS) is 20.7. The molecular formula is C18H20BrFN4O. The van der Waals surface area contributed by atoms with Crippen LogP contribution in [0, 0.1) is 5.82 Å². The maximum atomic E-state index is 14.1. The second kappa shape index (κ2) is 5.92. The molecule has 1 fully saturated rings. The van der Waals surface area contributed by atoms with Crippen LogP contribution in [0.1, 0.15) is 60.4 Å². The van der Waals surface area contributed by atoms with Gasteiger partial charge in [-0.15, -0.1) is 0 Å². The van der Waals surface area contributed by atoms with Crippen LogP contribution >= 0.6 is 15.9 Å². The molecule has 2 aromatic rings. The van der Waals surface area contributed by atoms with Crippen LogP contribution in [0.2, 0.25) is 0 Å². The number of benzene rings is 1. The van der Waals surface area contributed by atoms with Crippen LogP contribution in [0.15, 0.2) is 16.6 Å². The molecule has 3 N–H and O–H groups in total. The summed E-state index contributed by atoms with van der Waals surface area (Å²) in [5.74, 6) is 0.265. The van der Waals surface area contributed by atoms with Crippen LogP contribution in [0.5, 0.6) is 0 Å². The molecule has 7 heteroatoms. The second-order valence-corrected chi connectivity index (χ2v) is 8.03. The van der Waals surface area contributed by atoms with Crippen LogP contribution in [0.25, 0.3) is 11.4 Å².